The second kappa shape index (κ2) is 7.26. The zero-order valence-electron chi connectivity index (χ0n) is 13.9. The minimum absolute atomic E-state index is 0.142. The lowest BCUT2D eigenvalue weighted by Crippen LogP contribution is -2.19. The highest BCUT2D eigenvalue weighted by atomic mass is 79.9. The van der Waals surface area contributed by atoms with Gasteiger partial charge in [-0.05, 0) is 36.4 Å². The smallest absolute Gasteiger partial charge is 0.324 e. The number of hydrogen-bond donors (Lipinski definition) is 0. The van der Waals surface area contributed by atoms with Crippen molar-refractivity contribution in [1.82, 2.24) is 0 Å². The largest absolute Gasteiger partial charge is 0.426 e. The SMILES string of the molecule is [B]CC(Br)C(=O)Oc1ccc(-[s+]2c3ccccc3c3ccccc32)cc1. The van der Waals surface area contributed by atoms with Crippen molar-refractivity contribution in [3.63, 3.8) is 0 Å². The number of carbonyl (C=O) groups excluding carboxylic acids is 1. The summed E-state index contributed by atoms with van der Waals surface area (Å²) in [6.07, 6.45) is 0.202. The second-order valence-corrected chi connectivity index (χ2v) is 8.96. The van der Waals surface area contributed by atoms with Crippen molar-refractivity contribution < 1.29 is 9.53 Å². The molecular weight excluding hydrogens is 407 g/mol. The molecule has 0 aliphatic rings. The van der Waals surface area contributed by atoms with Crippen LogP contribution in [0.5, 0.6) is 5.75 Å². The number of alkyl halides is 1. The van der Waals surface area contributed by atoms with E-state index in [1.54, 1.807) is 0 Å². The highest BCUT2D eigenvalue weighted by Crippen LogP contribution is 2.48. The number of hydrogen-bond acceptors (Lipinski definition) is 2. The van der Waals surface area contributed by atoms with Gasteiger partial charge in [0.05, 0.1) is 7.85 Å². The van der Waals surface area contributed by atoms with Crippen LogP contribution in [0.1, 0.15) is 0 Å². The van der Waals surface area contributed by atoms with Gasteiger partial charge in [-0.3, -0.25) is 4.79 Å². The maximum absolute atomic E-state index is 11.9. The molecule has 2 nitrogen and oxygen atoms in total. The Morgan fingerprint density at radius 2 is 1.46 bits per heavy atom. The molecule has 0 saturated heterocycles. The molecule has 1 aromatic heterocycles. The molecule has 0 bridgehead atoms. The van der Waals surface area contributed by atoms with Gasteiger partial charge in [-0.2, -0.15) is 0 Å². The highest BCUT2D eigenvalue weighted by Gasteiger charge is 2.23. The van der Waals surface area contributed by atoms with Gasteiger partial charge in [-0.1, -0.05) is 46.5 Å². The van der Waals surface area contributed by atoms with Crippen LogP contribution in [-0.2, 0) is 4.79 Å². The number of fused-ring (bicyclic) bond motifs is 3. The summed E-state index contributed by atoms with van der Waals surface area (Å²) in [7, 11) is 5.34. The molecule has 4 aromatic rings. The predicted octanol–water partition coefficient (Wildman–Crippen LogP) is 5.99. The first-order chi connectivity index (χ1) is 12.7. The van der Waals surface area contributed by atoms with E-state index >= 15 is 0 Å². The van der Waals surface area contributed by atoms with Crippen molar-refractivity contribution >= 4 is 60.4 Å². The van der Waals surface area contributed by atoms with E-state index in [1.165, 1.54) is 25.1 Å². The van der Waals surface area contributed by atoms with Gasteiger partial charge in [0.15, 0.2) is 14.3 Å². The first kappa shape index (κ1) is 17.3. The van der Waals surface area contributed by atoms with E-state index in [2.05, 4.69) is 64.5 Å². The van der Waals surface area contributed by atoms with Crippen molar-refractivity contribution in [3.05, 3.63) is 72.8 Å². The lowest BCUT2D eigenvalue weighted by Gasteiger charge is -2.07. The summed E-state index contributed by atoms with van der Waals surface area (Å²) in [6, 6.07) is 24.9. The minimum atomic E-state index is -0.488. The molecule has 1 unspecified atom stereocenters. The van der Waals surface area contributed by atoms with E-state index in [0.29, 0.717) is 5.75 Å². The minimum Gasteiger partial charge on any atom is -0.426 e. The fourth-order valence-electron chi connectivity index (χ4n) is 3.03. The van der Waals surface area contributed by atoms with Crippen molar-refractivity contribution in [3.8, 4) is 10.6 Å². The van der Waals surface area contributed by atoms with E-state index in [0.717, 1.165) is 0 Å². The quantitative estimate of drug-likeness (QED) is 0.133. The first-order valence-electron chi connectivity index (χ1n) is 8.27. The molecule has 0 spiro atoms. The molecule has 126 valence electrons. The number of ether oxygens (including phenoxy) is 1. The lowest BCUT2D eigenvalue weighted by atomic mass is 10.0. The van der Waals surface area contributed by atoms with Gasteiger partial charge in [0.2, 0.25) is 0 Å². The molecule has 3 aromatic carbocycles. The zero-order chi connectivity index (χ0) is 18.1. The van der Waals surface area contributed by atoms with Crippen LogP contribution in [0.15, 0.2) is 72.8 Å². The molecular formula is C21H15BBrO2S+. The summed E-state index contributed by atoms with van der Waals surface area (Å²) < 4.78 is 8.03. The summed E-state index contributed by atoms with van der Waals surface area (Å²) in [5.41, 5.74) is 0. The van der Waals surface area contributed by atoms with Gasteiger partial charge in [0.1, 0.15) is 10.6 Å². The molecule has 0 aliphatic heterocycles. The first-order valence-corrected chi connectivity index (χ1v) is 10.4. The normalized spacial score (nSPS) is 12.3. The number of benzene rings is 3. The Hall–Kier alpha value is -2.11. The Balaban J connectivity index is 1.77. The predicted molar refractivity (Wildman–Crippen MR) is 114 cm³/mol. The van der Waals surface area contributed by atoms with E-state index in [4.69, 9.17) is 12.6 Å². The van der Waals surface area contributed by atoms with Crippen LogP contribution in [0.2, 0.25) is 6.32 Å². The van der Waals surface area contributed by atoms with Crippen molar-refractivity contribution in [1.29, 1.82) is 0 Å². The molecule has 1 heterocycles. The highest BCUT2D eigenvalue weighted by molar-refractivity contribution is 9.10. The standard InChI is InChI=1S/C21H15BBrO2S/c22-13-18(23)21(24)25-14-9-11-15(12-10-14)26-19-7-3-1-5-16(19)17-6-2-4-8-20(17)26/h1-12,18H,13H2/q+1. The summed E-state index contributed by atoms with van der Waals surface area (Å²) >= 11 is 3.21. The Labute approximate surface area is 164 Å². The monoisotopic (exact) mass is 421 g/mol. The van der Waals surface area contributed by atoms with Crippen molar-refractivity contribution in [2.75, 3.05) is 0 Å². The molecule has 0 N–H and O–H groups in total. The maximum atomic E-state index is 11.9. The number of halogens is 1. The van der Waals surface area contributed by atoms with Crippen LogP contribution in [0.4, 0.5) is 0 Å². The third-order valence-electron chi connectivity index (χ3n) is 4.24. The van der Waals surface area contributed by atoms with Gasteiger partial charge >= 0.3 is 5.97 Å². The fourth-order valence-corrected chi connectivity index (χ4v) is 5.50. The number of thiophene rings is 1. The molecule has 0 aliphatic carbocycles. The third kappa shape index (κ3) is 3.06. The van der Waals surface area contributed by atoms with Crippen molar-refractivity contribution in [2.45, 2.75) is 11.1 Å². The van der Waals surface area contributed by atoms with Crippen LogP contribution in [0, 0.1) is 0 Å². The van der Waals surface area contributed by atoms with E-state index < -0.39 is 4.83 Å². The van der Waals surface area contributed by atoms with Crippen molar-refractivity contribution in [2.24, 2.45) is 0 Å². The molecule has 1 atom stereocenters. The summed E-state index contributed by atoms with van der Waals surface area (Å²) in [5.74, 6) is 0.153. The number of carbonyl (C=O) groups is 1. The molecule has 0 fully saturated rings. The Kier molecular flexibility index (Phi) is 4.83. The Morgan fingerprint density at radius 3 is 2.00 bits per heavy atom. The summed E-state index contributed by atoms with van der Waals surface area (Å²) in [5, 5.41) is 2.60. The number of rotatable bonds is 4. The number of esters is 1. The molecule has 2 radical (unpaired) electrons. The lowest BCUT2D eigenvalue weighted by molar-refractivity contribution is -0.133. The summed E-state index contributed by atoms with van der Waals surface area (Å²) in [6.45, 7) is 0. The average molecular weight is 422 g/mol. The van der Waals surface area contributed by atoms with E-state index in [9.17, 15) is 4.79 Å². The van der Waals surface area contributed by atoms with E-state index in [-0.39, 0.29) is 22.8 Å². The topological polar surface area (TPSA) is 26.3 Å². The van der Waals surface area contributed by atoms with Crippen LogP contribution in [-0.4, -0.2) is 18.6 Å². The van der Waals surface area contributed by atoms with Crippen LogP contribution >= 0.6 is 26.4 Å². The Bertz CT molecular complexity index is 1040. The van der Waals surface area contributed by atoms with Gasteiger partial charge < -0.3 is 4.74 Å². The van der Waals surface area contributed by atoms with Crippen LogP contribution in [0.25, 0.3) is 25.1 Å². The summed E-state index contributed by atoms with van der Waals surface area (Å²) in [4.78, 5) is 12.6. The molecule has 5 heteroatoms. The fraction of sp³-hybridized carbons (Fsp3) is 0.0952. The average Bonchev–Trinajstić information content (AvgIpc) is 3.02. The second-order valence-electron chi connectivity index (χ2n) is 5.89. The van der Waals surface area contributed by atoms with Crippen LogP contribution in [0.3, 0.4) is 0 Å². The van der Waals surface area contributed by atoms with E-state index in [1.807, 2.05) is 24.3 Å². The van der Waals surface area contributed by atoms with Gasteiger partial charge in [-0.25, -0.2) is 0 Å². The third-order valence-corrected chi connectivity index (χ3v) is 7.33. The zero-order valence-corrected chi connectivity index (χ0v) is 16.3. The van der Waals surface area contributed by atoms with Gasteiger partial charge in [0.25, 0.3) is 0 Å². The molecule has 0 amide bonds. The molecule has 26 heavy (non-hydrogen) atoms. The van der Waals surface area contributed by atoms with Gasteiger partial charge in [-0.15, -0.1) is 0 Å². The molecule has 4 rings (SSSR count). The molecule has 0 saturated carbocycles. The van der Waals surface area contributed by atoms with Gasteiger partial charge in [0, 0.05) is 33.4 Å². The maximum Gasteiger partial charge on any atom is 0.324 e. The Morgan fingerprint density at radius 1 is 0.923 bits per heavy atom. The van der Waals surface area contributed by atoms with Crippen LogP contribution < -0.4 is 4.74 Å².